The molecule has 0 atom stereocenters. The van der Waals surface area contributed by atoms with E-state index in [0.29, 0.717) is 29.4 Å². The molecule has 6 heteroatoms. The van der Waals surface area contributed by atoms with Gasteiger partial charge in [0.25, 0.3) is 0 Å². The van der Waals surface area contributed by atoms with Crippen LogP contribution in [0.25, 0.3) is 0 Å². The minimum Gasteiger partial charge on any atom is -0.497 e. The van der Waals surface area contributed by atoms with Crippen molar-refractivity contribution < 1.29 is 14.3 Å². The largest absolute Gasteiger partial charge is 0.497 e. The Labute approximate surface area is 153 Å². The van der Waals surface area contributed by atoms with Crippen LogP contribution in [0.15, 0.2) is 42.5 Å². The molecule has 2 rings (SSSR count). The zero-order chi connectivity index (χ0) is 18.1. The van der Waals surface area contributed by atoms with E-state index in [0.717, 1.165) is 18.7 Å². The molecule has 0 fully saturated rings. The minimum atomic E-state index is -0.0601. The van der Waals surface area contributed by atoms with Crippen molar-refractivity contribution in [2.45, 2.75) is 12.8 Å². The Morgan fingerprint density at radius 1 is 1.08 bits per heavy atom. The fourth-order valence-electron chi connectivity index (χ4n) is 2.36. The highest BCUT2D eigenvalue weighted by Gasteiger charge is 2.05. The van der Waals surface area contributed by atoms with E-state index in [1.54, 1.807) is 32.4 Å². The van der Waals surface area contributed by atoms with Crippen LogP contribution in [0.5, 0.6) is 11.5 Å². The first kappa shape index (κ1) is 19.1. The first-order valence-corrected chi connectivity index (χ1v) is 8.47. The molecule has 2 aromatic carbocycles. The Morgan fingerprint density at radius 3 is 2.64 bits per heavy atom. The average molecular weight is 363 g/mol. The molecule has 2 aromatic rings. The number of benzene rings is 2. The highest BCUT2D eigenvalue weighted by molar-refractivity contribution is 6.32. The van der Waals surface area contributed by atoms with Crippen molar-refractivity contribution in [2.24, 2.45) is 0 Å². The van der Waals surface area contributed by atoms with Crippen LogP contribution in [-0.2, 0) is 11.2 Å². The maximum absolute atomic E-state index is 12.0. The number of anilines is 1. The van der Waals surface area contributed by atoms with Crippen LogP contribution in [-0.4, -0.2) is 33.2 Å². The van der Waals surface area contributed by atoms with E-state index >= 15 is 0 Å². The summed E-state index contributed by atoms with van der Waals surface area (Å²) in [5, 5.41) is 6.56. The molecule has 0 radical (unpaired) electrons. The Morgan fingerprint density at radius 2 is 1.92 bits per heavy atom. The molecule has 134 valence electrons. The molecular weight excluding hydrogens is 340 g/mol. The monoisotopic (exact) mass is 362 g/mol. The first-order valence-electron chi connectivity index (χ1n) is 8.09. The lowest BCUT2D eigenvalue weighted by atomic mass is 10.1. The molecule has 0 heterocycles. The van der Waals surface area contributed by atoms with Crippen LogP contribution in [0.1, 0.15) is 12.0 Å². The van der Waals surface area contributed by atoms with E-state index in [4.69, 9.17) is 21.1 Å². The standard InChI is InChI=1S/C19H23ClN2O3/c1-24-16-5-3-4-14(12-16)8-10-21-11-9-19(23)22-15-6-7-18(25-2)17(20)13-15/h3-7,12-13,21H,8-11H2,1-2H3,(H,22,23). The lowest BCUT2D eigenvalue weighted by molar-refractivity contribution is -0.116. The van der Waals surface area contributed by atoms with E-state index in [-0.39, 0.29) is 5.91 Å². The van der Waals surface area contributed by atoms with Gasteiger partial charge in [0.2, 0.25) is 5.91 Å². The number of amides is 1. The second-order valence-corrected chi connectivity index (χ2v) is 5.91. The van der Waals surface area contributed by atoms with Crippen molar-refractivity contribution in [1.82, 2.24) is 5.32 Å². The summed E-state index contributed by atoms with van der Waals surface area (Å²) in [6.45, 7) is 1.41. The van der Waals surface area contributed by atoms with Crippen LogP contribution >= 0.6 is 11.6 Å². The quantitative estimate of drug-likeness (QED) is 0.670. The summed E-state index contributed by atoms with van der Waals surface area (Å²) in [6, 6.07) is 13.1. The molecule has 0 spiro atoms. The highest BCUT2D eigenvalue weighted by atomic mass is 35.5. The van der Waals surface area contributed by atoms with Gasteiger partial charge in [-0.25, -0.2) is 0 Å². The van der Waals surface area contributed by atoms with Gasteiger partial charge >= 0.3 is 0 Å². The Kier molecular flexibility index (Phi) is 7.57. The molecule has 0 aliphatic carbocycles. The van der Waals surface area contributed by atoms with Gasteiger partial charge < -0.3 is 20.1 Å². The zero-order valence-corrected chi connectivity index (χ0v) is 15.2. The second kappa shape index (κ2) is 9.91. The van der Waals surface area contributed by atoms with Gasteiger partial charge in [-0.05, 0) is 48.9 Å². The molecule has 25 heavy (non-hydrogen) atoms. The lowest BCUT2D eigenvalue weighted by Gasteiger charge is -2.09. The molecule has 0 unspecified atom stereocenters. The number of rotatable bonds is 9. The van der Waals surface area contributed by atoms with E-state index in [2.05, 4.69) is 16.7 Å². The molecule has 0 saturated carbocycles. The molecule has 0 aliphatic rings. The normalized spacial score (nSPS) is 10.4. The Hall–Kier alpha value is -2.24. The van der Waals surface area contributed by atoms with Crippen LogP contribution < -0.4 is 20.1 Å². The average Bonchev–Trinajstić information content (AvgIpc) is 2.62. The first-order chi connectivity index (χ1) is 12.1. The van der Waals surface area contributed by atoms with Crippen LogP contribution in [0.2, 0.25) is 5.02 Å². The van der Waals surface area contributed by atoms with Crippen LogP contribution in [0.4, 0.5) is 5.69 Å². The molecule has 2 N–H and O–H groups in total. The van der Waals surface area contributed by atoms with Crippen molar-refractivity contribution in [2.75, 3.05) is 32.6 Å². The third-order valence-electron chi connectivity index (χ3n) is 3.69. The lowest BCUT2D eigenvalue weighted by Crippen LogP contribution is -2.23. The predicted octanol–water partition coefficient (Wildman–Crippen LogP) is 3.52. The summed E-state index contributed by atoms with van der Waals surface area (Å²) in [7, 11) is 3.21. The summed E-state index contributed by atoms with van der Waals surface area (Å²) in [6.07, 6.45) is 1.27. The Balaban J connectivity index is 1.67. The van der Waals surface area contributed by atoms with E-state index < -0.39 is 0 Å². The maximum atomic E-state index is 12.0. The van der Waals surface area contributed by atoms with Gasteiger partial charge in [0.05, 0.1) is 19.2 Å². The number of hydrogen-bond donors (Lipinski definition) is 2. The van der Waals surface area contributed by atoms with Crippen molar-refractivity contribution in [3.8, 4) is 11.5 Å². The number of carbonyl (C=O) groups excluding carboxylic acids is 1. The maximum Gasteiger partial charge on any atom is 0.225 e. The van der Waals surface area contributed by atoms with Gasteiger partial charge in [-0.1, -0.05) is 23.7 Å². The Bertz CT molecular complexity index is 707. The number of carbonyl (C=O) groups is 1. The number of nitrogens with one attached hydrogen (secondary N) is 2. The molecule has 0 saturated heterocycles. The summed E-state index contributed by atoms with van der Waals surface area (Å²) >= 11 is 6.04. The van der Waals surface area contributed by atoms with Crippen LogP contribution in [0.3, 0.4) is 0 Å². The topological polar surface area (TPSA) is 59.6 Å². The summed E-state index contributed by atoms with van der Waals surface area (Å²) in [5.41, 5.74) is 1.86. The van der Waals surface area contributed by atoms with Crippen molar-refractivity contribution in [3.05, 3.63) is 53.1 Å². The van der Waals surface area contributed by atoms with Gasteiger partial charge in [-0.15, -0.1) is 0 Å². The smallest absolute Gasteiger partial charge is 0.225 e. The predicted molar refractivity (Wildman–Crippen MR) is 101 cm³/mol. The third-order valence-corrected chi connectivity index (χ3v) is 3.98. The van der Waals surface area contributed by atoms with Gasteiger partial charge in [0.15, 0.2) is 0 Å². The minimum absolute atomic E-state index is 0.0601. The fraction of sp³-hybridized carbons (Fsp3) is 0.316. The zero-order valence-electron chi connectivity index (χ0n) is 14.5. The highest BCUT2D eigenvalue weighted by Crippen LogP contribution is 2.27. The van der Waals surface area contributed by atoms with Crippen molar-refractivity contribution in [1.29, 1.82) is 0 Å². The van der Waals surface area contributed by atoms with E-state index in [1.807, 2.05) is 18.2 Å². The van der Waals surface area contributed by atoms with Gasteiger partial charge in [0.1, 0.15) is 11.5 Å². The molecule has 0 aliphatic heterocycles. The third kappa shape index (κ3) is 6.29. The molecule has 1 amide bonds. The van der Waals surface area contributed by atoms with Gasteiger partial charge in [-0.2, -0.15) is 0 Å². The SMILES string of the molecule is COc1cccc(CCNCCC(=O)Nc2ccc(OC)c(Cl)c2)c1. The van der Waals surface area contributed by atoms with Crippen molar-refractivity contribution in [3.63, 3.8) is 0 Å². The number of hydrogen-bond acceptors (Lipinski definition) is 4. The molecule has 0 bridgehead atoms. The number of ether oxygens (including phenoxy) is 2. The molecule has 5 nitrogen and oxygen atoms in total. The molecular formula is C19H23ClN2O3. The van der Waals surface area contributed by atoms with Gasteiger partial charge in [0, 0.05) is 18.7 Å². The van der Waals surface area contributed by atoms with E-state index in [9.17, 15) is 4.79 Å². The second-order valence-electron chi connectivity index (χ2n) is 5.50. The molecule has 0 aromatic heterocycles. The van der Waals surface area contributed by atoms with E-state index in [1.165, 1.54) is 5.56 Å². The van der Waals surface area contributed by atoms with Crippen molar-refractivity contribution >= 4 is 23.2 Å². The fourth-order valence-corrected chi connectivity index (χ4v) is 2.61. The number of halogens is 1. The van der Waals surface area contributed by atoms with Gasteiger partial charge in [-0.3, -0.25) is 4.79 Å². The summed E-state index contributed by atoms with van der Waals surface area (Å²) < 4.78 is 10.3. The van der Waals surface area contributed by atoms with Crippen LogP contribution in [0, 0.1) is 0 Å². The summed E-state index contributed by atoms with van der Waals surface area (Å²) in [4.78, 5) is 12.0. The number of methoxy groups -OCH3 is 2. The summed E-state index contributed by atoms with van der Waals surface area (Å²) in [5.74, 6) is 1.38.